The van der Waals surface area contributed by atoms with Crippen molar-refractivity contribution in [1.82, 2.24) is 9.88 Å². The Morgan fingerprint density at radius 3 is 2.81 bits per heavy atom. The van der Waals surface area contributed by atoms with E-state index in [1.807, 2.05) is 18.3 Å². The Labute approximate surface area is 98.1 Å². The van der Waals surface area contributed by atoms with Crippen molar-refractivity contribution in [2.45, 2.75) is 13.8 Å². The molecule has 1 aromatic heterocycles. The average molecular weight is 222 g/mol. The molecule has 1 heterocycles. The lowest BCUT2D eigenvalue weighted by molar-refractivity contribution is 0.367. The Morgan fingerprint density at radius 2 is 2.12 bits per heavy atom. The summed E-state index contributed by atoms with van der Waals surface area (Å²) in [6.07, 6.45) is 1.82. The molecule has 0 bridgehead atoms. The van der Waals surface area contributed by atoms with Gasteiger partial charge in [-0.25, -0.2) is 4.98 Å². The molecule has 0 saturated carbocycles. The zero-order valence-electron chi connectivity index (χ0n) is 10.5. The second kappa shape index (κ2) is 7.06. The number of hydrogen-bond acceptors (Lipinski definition) is 4. The molecule has 0 unspecified atom stereocenters. The number of nitrogens with zero attached hydrogens (tertiary/aromatic N) is 2. The van der Waals surface area contributed by atoms with Gasteiger partial charge in [0.25, 0.3) is 0 Å². The number of nitrogens with one attached hydrogen (secondary N) is 2. The molecular formula is C12H22N4. The predicted octanol–water partition coefficient (Wildman–Crippen LogP) is 1.88. The summed E-state index contributed by atoms with van der Waals surface area (Å²) in [7, 11) is 2.12. The molecule has 0 aliphatic rings. The molecule has 0 fully saturated rings. The standard InChI is InChI=1S/C12H22N4/c1-4-13-12-10-11(6-7-15-12)14-8-9-16(3)5-2/h6-7,10H,4-5,8-9H2,1-3H3,(H2,13,14,15). The van der Waals surface area contributed by atoms with E-state index in [0.29, 0.717) is 0 Å². The molecule has 0 amide bonds. The van der Waals surface area contributed by atoms with Crippen molar-refractivity contribution < 1.29 is 0 Å². The largest absolute Gasteiger partial charge is 0.384 e. The van der Waals surface area contributed by atoms with Gasteiger partial charge in [0.2, 0.25) is 0 Å². The fourth-order valence-corrected chi connectivity index (χ4v) is 1.37. The number of rotatable bonds is 7. The smallest absolute Gasteiger partial charge is 0.127 e. The van der Waals surface area contributed by atoms with Crippen LogP contribution >= 0.6 is 0 Å². The van der Waals surface area contributed by atoms with Crippen LogP contribution in [0.3, 0.4) is 0 Å². The summed E-state index contributed by atoms with van der Waals surface area (Å²) >= 11 is 0. The minimum Gasteiger partial charge on any atom is -0.384 e. The van der Waals surface area contributed by atoms with Crippen LogP contribution in [0.1, 0.15) is 13.8 Å². The van der Waals surface area contributed by atoms with Crippen LogP contribution in [0.4, 0.5) is 11.5 Å². The molecule has 0 saturated heterocycles. The summed E-state index contributed by atoms with van der Waals surface area (Å²) in [5.41, 5.74) is 1.12. The topological polar surface area (TPSA) is 40.2 Å². The van der Waals surface area contributed by atoms with Crippen molar-refractivity contribution in [2.24, 2.45) is 0 Å². The van der Waals surface area contributed by atoms with E-state index in [9.17, 15) is 0 Å². The first-order valence-electron chi connectivity index (χ1n) is 5.88. The molecule has 0 atom stereocenters. The second-order valence-electron chi connectivity index (χ2n) is 3.78. The van der Waals surface area contributed by atoms with Crippen LogP contribution in [0.2, 0.25) is 0 Å². The van der Waals surface area contributed by atoms with Gasteiger partial charge in [0.1, 0.15) is 5.82 Å². The van der Waals surface area contributed by atoms with Crippen molar-refractivity contribution in [3.8, 4) is 0 Å². The summed E-state index contributed by atoms with van der Waals surface area (Å²) in [5.74, 6) is 0.927. The third-order valence-electron chi connectivity index (χ3n) is 2.48. The lowest BCUT2D eigenvalue weighted by Crippen LogP contribution is -2.24. The zero-order valence-corrected chi connectivity index (χ0v) is 10.5. The average Bonchev–Trinajstić information content (AvgIpc) is 2.30. The van der Waals surface area contributed by atoms with Crippen molar-refractivity contribution >= 4 is 11.5 Å². The van der Waals surface area contributed by atoms with Gasteiger partial charge in [0.15, 0.2) is 0 Å². The fraction of sp³-hybridized carbons (Fsp3) is 0.583. The molecule has 0 aliphatic carbocycles. The van der Waals surface area contributed by atoms with Crippen LogP contribution in [-0.2, 0) is 0 Å². The van der Waals surface area contributed by atoms with Gasteiger partial charge in [-0.05, 0) is 26.6 Å². The maximum Gasteiger partial charge on any atom is 0.127 e. The molecule has 0 aromatic carbocycles. The van der Waals surface area contributed by atoms with Gasteiger partial charge in [-0.2, -0.15) is 0 Å². The normalized spacial score (nSPS) is 10.5. The van der Waals surface area contributed by atoms with Gasteiger partial charge in [0.05, 0.1) is 0 Å². The first kappa shape index (κ1) is 12.8. The maximum absolute atomic E-state index is 4.23. The third kappa shape index (κ3) is 4.49. The highest BCUT2D eigenvalue weighted by Crippen LogP contribution is 2.10. The Morgan fingerprint density at radius 1 is 1.31 bits per heavy atom. The molecular weight excluding hydrogens is 200 g/mol. The maximum atomic E-state index is 4.23. The van der Waals surface area contributed by atoms with Gasteiger partial charge >= 0.3 is 0 Å². The van der Waals surface area contributed by atoms with Crippen LogP contribution in [0, 0.1) is 0 Å². The Balaban J connectivity index is 2.38. The number of anilines is 2. The van der Waals surface area contributed by atoms with Gasteiger partial charge < -0.3 is 15.5 Å². The third-order valence-corrected chi connectivity index (χ3v) is 2.48. The Kier molecular flexibility index (Phi) is 5.64. The molecule has 4 heteroatoms. The molecule has 0 spiro atoms. The summed E-state index contributed by atoms with van der Waals surface area (Å²) in [4.78, 5) is 6.50. The van der Waals surface area contributed by atoms with E-state index in [4.69, 9.17) is 0 Å². The lowest BCUT2D eigenvalue weighted by atomic mass is 10.3. The number of pyridine rings is 1. The Bertz CT molecular complexity index is 301. The highest BCUT2D eigenvalue weighted by molar-refractivity contribution is 5.51. The quantitative estimate of drug-likeness (QED) is 0.739. The molecule has 4 nitrogen and oxygen atoms in total. The van der Waals surface area contributed by atoms with E-state index in [1.54, 1.807) is 0 Å². The van der Waals surface area contributed by atoms with E-state index < -0.39 is 0 Å². The highest BCUT2D eigenvalue weighted by Gasteiger charge is 1.97. The number of hydrogen-bond donors (Lipinski definition) is 2. The van der Waals surface area contributed by atoms with Crippen molar-refractivity contribution in [3.05, 3.63) is 18.3 Å². The van der Waals surface area contributed by atoms with Crippen LogP contribution in [0.5, 0.6) is 0 Å². The Hall–Kier alpha value is -1.29. The summed E-state index contributed by atoms with van der Waals surface area (Å²) in [6, 6.07) is 4.03. The van der Waals surface area contributed by atoms with E-state index in [-0.39, 0.29) is 0 Å². The molecule has 1 rings (SSSR count). The SMILES string of the molecule is CCNc1cc(NCCN(C)CC)ccn1. The van der Waals surface area contributed by atoms with Crippen LogP contribution in [0.15, 0.2) is 18.3 Å². The minimum atomic E-state index is 0.898. The molecule has 0 radical (unpaired) electrons. The first-order chi connectivity index (χ1) is 7.76. The molecule has 0 aliphatic heterocycles. The fourth-order valence-electron chi connectivity index (χ4n) is 1.37. The summed E-state index contributed by atoms with van der Waals surface area (Å²) in [6.45, 7) is 8.22. The molecule has 16 heavy (non-hydrogen) atoms. The van der Waals surface area contributed by atoms with E-state index in [1.165, 1.54) is 0 Å². The minimum absolute atomic E-state index is 0.898. The van der Waals surface area contributed by atoms with Crippen molar-refractivity contribution in [1.29, 1.82) is 0 Å². The van der Waals surface area contributed by atoms with E-state index in [2.05, 4.69) is 41.4 Å². The molecule has 1 aromatic rings. The zero-order chi connectivity index (χ0) is 11.8. The number of likely N-dealkylation sites (N-methyl/N-ethyl adjacent to an activating group) is 1. The molecule has 90 valence electrons. The van der Waals surface area contributed by atoms with Gasteiger partial charge in [-0.3, -0.25) is 0 Å². The number of aromatic nitrogens is 1. The van der Waals surface area contributed by atoms with Crippen LogP contribution in [-0.4, -0.2) is 43.1 Å². The highest BCUT2D eigenvalue weighted by atomic mass is 15.1. The van der Waals surface area contributed by atoms with E-state index in [0.717, 1.165) is 37.7 Å². The summed E-state index contributed by atoms with van der Waals surface area (Å²) in [5, 5.41) is 6.58. The van der Waals surface area contributed by atoms with Gasteiger partial charge in [0, 0.05) is 37.6 Å². The van der Waals surface area contributed by atoms with Crippen molar-refractivity contribution in [2.75, 3.05) is 43.9 Å². The van der Waals surface area contributed by atoms with Crippen molar-refractivity contribution in [3.63, 3.8) is 0 Å². The predicted molar refractivity (Wildman–Crippen MR) is 70.1 cm³/mol. The monoisotopic (exact) mass is 222 g/mol. The summed E-state index contributed by atoms with van der Waals surface area (Å²) < 4.78 is 0. The van der Waals surface area contributed by atoms with Gasteiger partial charge in [-0.15, -0.1) is 0 Å². The molecule has 2 N–H and O–H groups in total. The first-order valence-corrected chi connectivity index (χ1v) is 5.88. The van der Waals surface area contributed by atoms with Crippen LogP contribution < -0.4 is 10.6 Å². The van der Waals surface area contributed by atoms with E-state index >= 15 is 0 Å². The van der Waals surface area contributed by atoms with Crippen LogP contribution in [0.25, 0.3) is 0 Å². The lowest BCUT2D eigenvalue weighted by Gasteiger charge is -2.14. The van der Waals surface area contributed by atoms with Gasteiger partial charge in [-0.1, -0.05) is 6.92 Å². The second-order valence-corrected chi connectivity index (χ2v) is 3.78.